The number of halogens is 2. The molecule has 0 aromatic heterocycles. The van der Waals surface area contributed by atoms with Gasteiger partial charge in [-0.3, -0.25) is 0 Å². The minimum atomic E-state index is -0.292. The standard InChI is InChI=1S/C18H21ClFN/c1-3-16(13-7-5-4-6-8-13)18(21-2)11-14-9-10-15(20)12-17(14)19/h4-10,12,16,18,21H,3,11H2,1-2H3. The van der Waals surface area contributed by atoms with Crippen molar-refractivity contribution in [3.8, 4) is 0 Å². The van der Waals surface area contributed by atoms with Crippen LogP contribution in [-0.2, 0) is 6.42 Å². The Morgan fingerprint density at radius 1 is 1.14 bits per heavy atom. The normalized spacial score (nSPS) is 13.9. The molecule has 112 valence electrons. The van der Waals surface area contributed by atoms with Crippen LogP contribution < -0.4 is 5.32 Å². The third-order valence-corrected chi connectivity index (χ3v) is 4.33. The van der Waals surface area contributed by atoms with Gasteiger partial charge in [0, 0.05) is 11.1 Å². The average Bonchev–Trinajstić information content (AvgIpc) is 2.50. The summed E-state index contributed by atoms with van der Waals surface area (Å²) < 4.78 is 13.2. The van der Waals surface area contributed by atoms with Gasteiger partial charge in [-0.15, -0.1) is 0 Å². The minimum absolute atomic E-state index is 0.264. The molecule has 0 aliphatic carbocycles. The van der Waals surface area contributed by atoms with E-state index in [2.05, 4.69) is 36.5 Å². The highest BCUT2D eigenvalue weighted by atomic mass is 35.5. The van der Waals surface area contributed by atoms with Gasteiger partial charge in [-0.25, -0.2) is 4.39 Å². The van der Waals surface area contributed by atoms with E-state index >= 15 is 0 Å². The van der Waals surface area contributed by atoms with Crippen LogP contribution in [0.25, 0.3) is 0 Å². The topological polar surface area (TPSA) is 12.0 Å². The van der Waals surface area contributed by atoms with Gasteiger partial charge in [0.2, 0.25) is 0 Å². The van der Waals surface area contributed by atoms with Crippen LogP contribution in [0.1, 0.15) is 30.4 Å². The van der Waals surface area contributed by atoms with Crippen LogP contribution >= 0.6 is 11.6 Å². The van der Waals surface area contributed by atoms with Crippen molar-refractivity contribution >= 4 is 11.6 Å². The fourth-order valence-electron chi connectivity index (χ4n) is 2.82. The first-order valence-electron chi connectivity index (χ1n) is 7.31. The van der Waals surface area contributed by atoms with Gasteiger partial charge in [0.15, 0.2) is 0 Å². The summed E-state index contributed by atoms with van der Waals surface area (Å²) in [6, 6.07) is 15.4. The largest absolute Gasteiger partial charge is 0.316 e. The molecule has 0 spiro atoms. The molecule has 1 N–H and O–H groups in total. The lowest BCUT2D eigenvalue weighted by Gasteiger charge is -2.27. The number of hydrogen-bond acceptors (Lipinski definition) is 1. The number of likely N-dealkylation sites (N-methyl/N-ethyl adjacent to an activating group) is 1. The highest BCUT2D eigenvalue weighted by molar-refractivity contribution is 6.31. The van der Waals surface area contributed by atoms with Gasteiger partial charge in [-0.2, -0.15) is 0 Å². The Labute approximate surface area is 131 Å². The van der Waals surface area contributed by atoms with Crippen molar-refractivity contribution in [3.63, 3.8) is 0 Å². The van der Waals surface area contributed by atoms with E-state index in [1.165, 1.54) is 17.7 Å². The third-order valence-electron chi connectivity index (χ3n) is 3.98. The predicted molar refractivity (Wildman–Crippen MR) is 87.4 cm³/mol. The summed E-state index contributed by atoms with van der Waals surface area (Å²) in [6.07, 6.45) is 1.82. The summed E-state index contributed by atoms with van der Waals surface area (Å²) >= 11 is 6.16. The first-order chi connectivity index (χ1) is 10.2. The molecule has 1 nitrogen and oxygen atoms in total. The molecule has 0 heterocycles. The first-order valence-corrected chi connectivity index (χ1v) is 7.69. The average molecular weight is 306 g/mol. The van der Waals surface area contributed by atoms with Gasteiger partial charge in [-0.1, -0.05) is 54.9 Å². The molecule has 0 bridgehead atoms. The van der Waals surface area contributed by atoms with Crippen LogP contribution in [0.3, 0.4) is 0 Å². The summed E-state index contributed by atoms with van der Waals surface area (Å²) in [4.78, 5) is 0. The maximum Gasteiger partial charge on any atom is 0.124 e. The zero-order valence-corrected chi connectivity index (χ0v) is 13.2. The fraction of sp³-hybridized carbons (Fsp3) is 0.333. The van der Waals surface area contributed by atoms with E-state index in [-0.39, 0.29) is 11.9 Å². The highest BCUT2D eigenvalue weighted by Crippen LogP contribution is 2.27. The Balaban J connectivity index is 2.22. The lowest BCUT2D eigenvalue weighted by atomic mass is 9.86. The van der Waals surface area contributed by atoms with E-state index in [0.717, 1.165) is 18.4 Å². The second-order valence-electron chi connectivity index (χ2n) is 5.26. The second kappa shape index (κ2) is 7.58. The second-order valence-corrected chi connectivity index (χ2v) is 5.67. The smallest absolute Gasteiger partial charge is 0.124 e. The molecule has 3 heteroatoms. The summed E-state index contributed by atoms with van der Waals surface area (Å²) in [5, 5.41) is 3.89. The molecule has 0 radical (unpaired) electrons. The van der Waals surface area contributed by atoms with Crippen molar-refractivity contribution in [1.82, 2.24) is 5.32 Å². The minimum Gasteiger partial charge on any atom is -0.316 e. The molecular weight excluding hydrogens is 285 g/mol. The van der Waals surface area contributed by atoms with E-state index in [0.29, 0.717) is 10.9 Å². The first kappa shape index (κ1) is 16.0. The summed E-state index contributed by atoms with van der Waals surface area (Å²) in [5.41, 5.74) is 2.30. The van der Waals surface area contributed by atoms with Crippen molar-refractivity contribution in [2.45, 2.75) is 31.7 Å². The van der Waals surface area contributed by atoms with Crippen LogP contribution in [0.5, 0.6) is 0 Å². The molecule has 0 fully saturated rings. The zero-order chi connectivity index (χ0) is 15.2. The molecule has 2 rings (SSSR count). The van der Waals surface area contributed by atoms with Crippen molar-refractivity contribution < 1.29 is 4.39 Å². The Bertz CT molecular complexity index is 571. The third kappa shape index (κ3) is 4.05. The molecule has 2 atom stereocenters. The van der Waals surface area contributed by atoms with Crippen LogP contribution in [0.15, 0.2) is 48.5 Å². The molecule has 2 aromatic rings. The number of nitrogens with one attached hydrogen (secondary N) is 1. The lowest BCUT2D eigenvalue weighted by Crippen LogP contribution is -2.34. The summed E-state index contributed by atoms with van der Waals surface area (Å²) in [7, 11) is 1.97. The summed E-state index contributed by atoms with van der Waals surface area (Å²) in [6.45, 7) is 2.19. The number of benzene rings is 2. The Hall–Kier alpha value is -1.38. The van der Waals surface area contributed by atoms with Crippen LogP contribution in [0.2, 0.25) is 5.02 Å². The number of rotatable bonds is 6. The van der Waals surface area contributed by atoms with E-state index in [1.807, 2.05) is 13.1 Å². The van der Waals surface area contributed by atoms with Crippen LogP contribution in [-0.4, -0.2) is 13.1 Å². The van der Waals surface area contributed by atoms with Gasteiger partial charge < -0.3 is 5.32 Å². The van der Waals surface area contributed by atoms with E-state index in [4.69, 9.17) is 11.6 Å². The van der Waals surface area contributed by atoms with Crippen LogP contribution in [0.4, 0.5) is 4.39 Å². The Morgan fingerprint density at radius 3 is 2.43 bits per heavy atom. The molecule has 21 heavy (non-hydrogen) atoms. The highest BCUT2D eigenvalue weighted by Gasteiger charge is 2.21. The van der Waals surface area contributed by atoms with Gasteiger partial charge in [0.25, 0.3) is 0 Å². The molecule has 0 aliphatic rings. The SMILES string of the molecule is CCC(c1ccccc1)C(Cc1ccc(F)cc1Cl)NC. The molecule has 2 unspecified atom stereocenters. The van der Waals surface area contributed by atoms with Gasteiger partial charge in [0.1, 0.15) is 5.82 Å². The lowest BCUT2D eigenvalue weighted by molar-refractivity contribution is 0.448. The number of hydrogen-bond donors (Lipinski definition) is 1. The molecule has 0 aliphatic heterocycles. The quantitative estimate of drug-likeness (QED) is 0.808. The zero-order valence-electron chi connectivity index (χ0n) is 12.4. The van der Waals surface area contributed by atoms with Gasteiger partial charge >= 0.3 is 0 Å². The van der Waals surface area contributed by atoms with Crippen molar-refractivity contribution in [2.24, 2.45) is 0 Å². The molecule has 0 amide bonds. The Kier molecular flexibility index (Phi) is 5.77. The Morgan fingerprint density at radius 2 is 1.86 bits per heavy atom. The molecule has 2 aromatic carbocycles. The molecule has 0 saturated heterocycles. The monoisotopic (exact) mass is 305 g/mol. The van der Waals surface area contributed by atoms with Crippen molar-refractivity contribution in [1.29, 1.82) is 0 Å². The maximum absolute atomic E-state index is 13.2. The predicted octanol–water partition coefficient (Wildman–Crippen LogP) is 4.80. The van der Waals surface area contributed by atoms with Gasteiger partial charge in [-0.05, 0) is 49.1 Å². The van der Waals surface area contributed by atoms with Crippen molar-refractivity contribution in [3.05, 3.63) is 70.5 Å². The fourth-order valence-corrected chi connectivity index (χ4v) is 3.07. The van der Waals surface area contributed by atoms with Crippen LogP contribution in [0, 0.1) is 5.82 Å². The van der Waals surface area contributed by atoms with E-state index in [1.54, 1.807) is 6.07 Å². The van der Waals surface area contributed by atoms with E-state index in [9.17, 15) is 4.39 Å². The maximum atomic E-state index is 13.2. The molecular formula is C18H21ClFN. The summed E-state index contributed by atoms with van der Waals surface area (Å²) in [5.74, 6) is 0.108. The van der Waals surface area contributed by atoms with Crippen molar-refractivity contribution in [2.75, 3.05) is 7.05 Å². The van der Waals surface area contributed by atoms with E-state index < -0.39 is 0 Å². The van der Waals surface area contributed by atoms with Gasteiger partial charge in [0.05, 0.1) is 0 Å². The molecule has 0 saturated carbocycles.